The maximum Gasteiger partial charge on any atom is 0.158 e. The first kappa shape index (κ1) is 14.2. The molecule has 4 nitrogen and oxygen atoms in total. The van der Waals surface area contributed by atoms with Gasteiger partial charge in [-0.3, -0.25) is 0 Å². The van der Waals surface area contributed by atoms with Gasteiger partial charge in [0, 0.05) is 29.7 Å². The number of aryl methyl sites for hydroxylation is 4. The van der Waals surface area contributed by atoms with Crippen molar-refractivity contribution in [2.24, 2.45) is 7.05 Å². The number of hydrogen-bond acceptors (Lipinski definition) is 3. The summed E-state index contributed by atoms with van der Waals surface area (Å²) in [7, 11) is 2.08. The van der Waals surface area contributed by atoms with Crippen LogP contribution in [0.1, 0.15) is 41.4 Å². The van der Waals surface area contributed by atoms with Crippen LogP contribution in [-0.4, -0.2) is 14.8 Å². The summed E-state index contributed by atoms with van der Waals surface area (Å²) in [6.07, 6.45) is 5.68. The number of aromatic nitrogens is 3. The minimum absolute atomic E-state index is 0.320. The van der Waals surface area contributed by atoms with Gasteiger partial charge in [-0.15, -0.1) is 5.10 Å². The minimum atomic E-state index is 0.320. The first-order chi connectivity index (χ1) is 11.1. The second-order valence-electron chi connectivity index (χ2n) is 6.54. The predicted molar refractivity (Wildman–Crippen MR) is 93.7 cm³/mol. The number of anilines is 1. The molecule has 0 spiro atoms. The highest BCUT2D eigenvalue weighted by Crippen LogP contribution is 2.34. The molecule has 0 fully saturated rings. The van der Waals surface area contributed by atoms with Crippen molar-refractivity contribution in [1.82, 2.24) is 14.8 Å². The van der Waals surface area contributed by atoms with E-state index in [1.807, 2.05) is 6.92 Å². The van der Waals surface area contributed by atoms with E-state index in [2.05, 4.69) is 64.5 Å². The topological polar surface area (TPSA) is 42.7 Å². The number of hydrogen-bond donors (Lipinski definition) is 1. The first-order valence-electron chi connectivity index (χ1n) is 8.28. The fourth-order valence-electron chi connectivity index (χ4n) is 3.77. The molecule has 1 aliphatic carbocycles. The van der Waals surface area contributed by atoms with Crippen LogP contribution >= 0.6 is 0 Å². The molecule has 118 valence electrons. The molecule has 0 saturated heterocycles. The van der Waals surface area contributed by atoms with Gasteiger partial charge in [0.25, 0.3) is 0 Å². The molecule has 2 heterocycles. The Balaban J connectivity index is 1.78. The largest absolute Gasteiger partial charge is 0.361 e. The van der Waals surface area contributed by atoms with Crippen LogP contribution in [0.15, 0.2) is 30.5 Å². The van der Waals surface area contributed by atoms with E-state index < -0.39 is 0 Å². The number of nitrogens with zero attached hydrogens (tertiary/aromatic N) is 3. The third kappa shape index (κ3) is 2.29. The molecule has 0 aliphatic heterocycles. The average Bonchev–Trinajstić information content (AvgIpc) is 2.87. The van der Waals surface area contributed by atoms with Crippen molar-refractivity contribution in [3.63, 3.8) is 0 Å². The third-order valence-electron chi connectivity index (χ3n) is 5.08. The zero-order chi connectivity index (χ0) is 16.0. The minimum Gasteiger partial charge on any atom is -0.361 e. The summed E-state index contributed by atoms with van der Waals surface area (Å²) in [6, 6.07) is 9.06. The van der Waals surface area contributed by atoms with E-state index in [0.717, 1.165) is 17.9 Å². The molecule has 4 heteroatoms. The number of rotatable bonds is 2. The van der Waals surface area contributed by atoms with Crippen molar-refractivity contribution >= 4 is 16.6 Å². The van der Waals surface area contributed by atoms with E-state index in [4.69, 9.17) is 0 Å². The third-order valence-corrected chi connectivity index (χ3v) is 5.08. The highest BCUT2D eigenvalue weighted by atomic mass is 15.2. The fraction of sp³-hybridized carbons (Fsp3) is 0.368. The smallest absolute Gasteiger partial charge is 0.158 e. The molecule has 1 N–H and O–H groups in total. The molecule has 1 aliphatic rings. The fourth-order valence-corrected chi connectivity index (χ4v) is 3.77. The SMILES string of the molecule is Cc1nnc(NC2CCCc3ccccc32)c2cn(C)c(C)c12. The Morgan fingerprint density at radius 3 is 2.87 bits per heavy atom. The molecule has 0 bridgehead atoms. The molecule has 1 unspecified atom stereocenters. The lowest BCUT2D eigenvalue weighted by atomic mass is 9.88. The second kappa shape index (κ2) is 5.37. The molecule has 1 atom stereocenters. The summed E-state index contributed by atoms with van der Waals surface area (Å²) in [4.78, 5) is 0. The van der Waals surface area contributed by atoms with Crippen molar-refractivity contribution in [3.05, 3.63) is 53.0 Å². The normalized spacial score (nSPS) is 17.3. The molecule has 1 aromatic carbocycles. The Labute approximate surface area is 136 Å². The lowest BCUT2D eigenvalue weighted by molar-refractivity contribution is 0.598. The Hall–Kier alpha value is -2.36. The van der Waals surface area contributed by atoms with Crippen LogP contribution in [-0.2, 0) is 13.5 Å². The van der Waals surface area contributed by atoms with Crippen LogP contribution in [0, 0.1) is 13.8 Å². The van der Waals surface area contributed by atoms with E-state index in [-0.39, 0.29) is 0 Å². The summed E-state index contributed by atoms with van der Waals surface area (Å²) in [5.41, 5.74) is 5.09. The molecular formula is C19H22N4. The summed E-state index contributed by atoms with van der Waals surface area (Å²) in [5.74, 6) is 0.899. The highest BCUT2D eigenvalue weighted by Gasteiger charge is 2.22. The number of fused-ring (bicyclic) bond motifs is 2. The molecule has 2 aromatic heterocycles. The monoisotopic (exact) mass is 306 g/mol. The standard InChI is InChI=1S/C19H22N4/c1-12-18-13(2)23(3)11-16(18)19(22-21-12)20-17-10-6-8-14-7-4-5-9-15(14)17/h4-5,7,9,11,17H,6,8,10H2,1-3H3,(H,20,22). The van der Waals surface area contributed by atoms with Gasteiger partial charge in [-0.1, -0.05) is 24.3 Å². The summed E-state index contributed by atoms with van der Waals surface area (Å²) in [5, 5.41) is 14.9. The van der Waals surface area contributed by atoms with Gasteiger partial charge < -0.3 is 9.88 Å². The van der Waals surface area contributed by atoms with Gasteiger partial charge in [-0.25, -0.2) is 0 Å². The van der Waals surface area contributed by atoms with Gasteiger partial charge in [0.2, 0.25) is 0 Å². The van der Waals surface area contributed by atoms with Gasteiger partial charge in [-0.05, 0) is 44.2 Å². The van der Waals surface area contributed by atoms with Crippen LogP contribution in [0.4, 0.5) is 5.82 Å². The Morgan fingerprint density at radius 2 is 2.00 bits per heavy atom. The maximum atomic E-state index is 4.45. The van der Waals surface area contributed by atoms with Crippen LogP contribution in [0.25, 0.3) is 10.8 Å². The number of benzene rings is 1. The van der Waals surface area contributed by atoms with Crippen LogP contribution in [0.5, 0.6) is 0 Å². The predicted octanol–water partition coefficient (Wildman–Crippen LogP) is 4.07. The summed E-state index contributed by atoms with van der Waals surface area (Å²) >= 11 is 0. The van der Waals surface area contributed by atoms with Gasteiger partial charge >= 0.3 is 0 Å². The Kier molecular flexibility index (Phi) is 3.33. The van der Waals surface area contributed by atoms with Crippen molar-refractivity contribution < 1.29 is 0 Å². The Bertz CT molecular complexity index is 878. The van der Waals surface area contributed by atoms with Crippen LogP contribution < -0.4 is 5.32 Å². The van der Waals surface area contributed by atoms with Gasteiger partial charge in [-0.2, -0.15) is 5.10 Å². The van der Waals surface area contributed by atoms with E-state index in [1.54, 1.807) is 0 Å². The molecule has 0 amide bonds. The quantitative estimate of drug-likeness (QED) is 0.776. The second-order valence-corrected chi connectivity index (χ2v) is 6.54. The first-order valence-corrected chi connectivity index (χ1v) is 8.28. The van der Waals surface area contributed by atoms with Crippen LogP contribution in [0.2, 0.25) is 0 Å². The molecule has 23 heavy (non-hydrogen) atoms. The summed E-state index contributed by atoms with van der Waals surface area (Å²) in [6.45, 7) is 4.17. The maximum absolute atomic E-state index is 4.45. The van der Waals surface area contributed by atoms with Crippen molar-refractivity contribution in [3.8, 4) is 0 Å². The lowest BCUT2D eigenvalue weighted by Gasteiger charge is -2.26. The van der Waals surface area contributed by atoms with E-state index in [1.165, 1.54) is 40.4 Å². The van der Waals surface area contributed by atoms with Gasteiger partial charge in [0.05, 0.1) is 11.7 Å². The van der Waals surface area contributed by atoms with E-state index in [9.17, 15) is 0 Å². The van der Waals surface area contributed by atoms with Gasteiger partial charge in [0.15, 0.2) is 5.82 Å². The van der Waals surface area contributed by atoms with E-state index >= 15 is 0 Å². The van der Waals surface area contributed by atoms with Gasteiger partial charge in [0.1, 0.15) is 0 Å². The molecule has 0 saturated carbocycles. The van der Waals surface area contributed by atoms with E-state index in [0.29, 0.717) is 6.04 Å². The van der Waals surface area contributed by atoms with Crippen molar-refractivity contribution in [2.45, 2.75) is 39.2 Å². The molecular weight excluding hydrogens is 284 g/mol. The zero-order valence-corrected chi connectivity index (χ0v) is 13.9. The lowest BCUT2D eigenvalue weighted by Crippen LogP contribution is -2.18. The molecule has 0 radical (unpaired) electrons. The summed E-state index contributed by atoms with van der Waals surface area (Å²) < 4.78 is 2.15. The average molecular weight is 306 g/mol. The molecule has 4 rings (SSSR count). The van der Waals surface area contributed by atoms with Crippen molar-refractivity contribution in [2.75, 3.05) is 5.32 Å². The van der Waals surface area contributed by atoms with Crippen LogP contribution in [0.3, 0.4) is 0 Å². The van der Waals surface area contributed by atoms with Crippen molar-refractivity contribution in [1.29, 1.82) is 0 Å². The number of nitrogens with one attached hydrogen (secondary N) is 1. The molecule has 3 aromatic rings. The Morgan fingerprint density at radius 1 is 1.17 bits per heavy atom. The zero-order valence-electron chi connectivity index (χ0n) is 13.9. The highest BCUT2D eigenvalue weighted by molar-refractivity contribution is 5.95.